The Kier molecular flexibility index (Phi) is 4.46. The number of hydrogen-bond donors (Lipinski definition) is 2. The van der Waals surface area contributed by atoms with Crippen LogP contribution in [0.1, 0.15) is 54.5 Å². The van der Waals surface area contributed by atoms with E-state index >= 15 is 0 Å². The van der Waals surface area contributed by atoms with E-state index in [-0.39, 0.29) is 0 Å². The quantitative estimate of drug-likeness (QED) is 0.642. The maximum absolute atomic E-state index is 5.84. The molecule has 2 nitrogen and oxygen atoms in total. The molecule has 1 aliphatic rings. The topological polar surface area (TPSA) is 38.0 Å². The molecule has 0 spiro atoms. The van der Waals surface area contributed by atoms with Gasteiger partial charge >= 0.3 is 0 Å². The van der Waals surface area contributed by atoms with Crippen LogP contribution >= 0.6 is 11.3 Å². The molecule has 2 rings (SSSR count). The summed E-state index contributed by atoms with van der Waals surface area (Å²) in [5.41, 5.74) is 4.48. The van der Waals surface area contributed by atoms with Gasteiger partial charge in [0.2, 0.25) is 0 Å². The van der Waals surface area contributed by atoms with Crippen molar-refractivity contribution >= 4 is 11.3 Å². The summed E-state index contributed by atoms with van der Waals surface area (Å²) in [4.78, 5) is 2.83. The standard InChI is InChI=1S/C15H26N2S/c1-9-5-10(2)7-13(6-9)15(17-16)14-8-11(3)12(4)18-14/h8-10,13,15,17H,5-7,16H2,1-4H3. The second kappa shape index (κ2) is 5.72. The highest BCUT2D eigenvalue weighted by atomic mass is 32.1. The van der Waals surface area contributed by atoms with E-state index in [0.29, 0.717) is 12.0 Å². The molecule has 0 radical (unpaired) electrons. The average Bonchev–Trinajstić information content (AvgIpc) is 2.58. The van der Waals surface area contributed by atoms with Crippen LogP contribution in [0.15, 0.2) is 6.07 Å². The van der Waals surface area contributed by atoms with E-state index in [1.807, 2.05) is 11.3 Å². The Balaban J connectivity index is 2.17. The highest BCUT2D eigenvalue weighted by Crippen LogP contribution is 2.41. The number of hydrogen-bond acceptors (Lipinski definition) is 3. The fourth-order valence-corrected chi connectivity index (χ4v) is 4.68. The lowest BCUT2D eigenvalue weighted by molar-refractivity contribution is 0.178. The van der Waals surface area contributed by atoms with Crippen molar-refractivity contribution in [3.8, 4) is 0 Å². The number of thiophene rings is 1. The highest BCUT2D eigenvalue weighted by Gasteiger charge is 2.31. The van der Waals surface area contributed by atoms with Gasteiger partial charge in [0.15, 0.2) is 0 Å². The molecule has 102 valence electrons. The van der Waals surface area contributed by atoms with Crippen molar-refractivity contribution in [2.75, 3.05) is 0 Å². The van der Waals surface area contributed by atoms with E-state index in [4.69, 9.17) is 5.84 Å². The lowest BCUT2D eigenvalue weighted by atomic mass is 9.73. The van der Waals surface area contributed by atoms with Gasteiger partial charge < -0.3 is 0 Å². The van der Waals surface area contributed by atoms with Crippen molar-refractivity contribution in [2.45, 2.75) is 53.0 Å². The van der Waals surface area contributed by atoms with Gasteiger partial charge in [0.1, 0.15) is 0 Å². The predicted octanol–water partition coefficient (Wildman–Crippen LogP) is 3.94. The summed E-state index contributed by atoms with van der Waals surface area (Å²) in [5.74, 6) is 8.19. The van der Waals surface area contributed by atoms with Crippen LogP contribution in [0.2, 0.25) is 0 Å². The van der Waals surface area contributed by atoms with Gasteiger partial charge in [-0.25, -0.2) is 0 Å². The van der Waals surface area contributed by atoms with Gasteiger partial charge in [-0.2, -0.15) is 0 Å². The highest BCUT2D eigenvalue weighted by molar-refractivity contribution is 7.12. The van der Waals surface area contributed by atoms with Gasteiger partial charge in [-0.1, -0.05) is 13.8 Å². The van der Waals surface area contributed by atoms with Crippen molar-refractivity contribution in [3.63, 3.8) is 0 Å². The van der Waals surface area contributed by atoms with Crippen LogP contribution in [0.3, 0.4) is 0 Å². The molecule has 3 N–H and O–H groups in total. The van der Waals surface area contributed by atoms with Crippen molar-refractivity contribution in [3.05, 3.63) is 21.4 Å². The third-order valence-corrected chi connectivity index (χ3v) is 5.59. The molecular weight excluding hydrogens is 240 g/mol. The SMILES string of the molecule is Cc1cc(C(NN)C2CC(C)CC(C)C2)sc1C. The Morgan fingerprint density at radius 2 is 1.83 bits per heavy atom. The molecule has 1 heterocycles. The molecule has 1 aromatic rings. The van der Waals surface area contributed by atoms with Gasteiger partial charge in [-0.05, 0) is 62.5 Å². The van der Waals surface area contributed by atoms with Crippen LogP contribution in [0.25, 0.3) is 0 Å². The number of aryl methyl sites for hydroxylation is 2. The zero-order chi connectivity index (χ0) is 13.3. The monoisotopic (exact) mass is 266 g/mol. The summed E-state index contributed by atoms with van der Waals surface area (Å²) < 4.78 is 0. The first-order valence-electron chi connectivity index (χ1n) is 7.04. The fraction of sp³-hybridized carbons (Fsp3) is 0.733. The maximum Gasteiger partial charge on any atom is 0.0581 e. The predicted molar refractivity (Wildman–Crippen MR) is 79.5 cm³/mol. The molecule has 1 aliphatic carbocycles. The number of nitrogens with two attached hydrogens (primary N) is 1. The molecule has 0 aromatic carbocycles. The van der Waals surface area contributed by atoms with E-state index in [1.165, 1.54) is 34.6 Å². The smallest absolute Gasteiger partial charge is 0.0581 e. The second-order valence-electron chi connectivity index (χ2n) is 6.21. The van der Waals surface area contributed by atoms with E-state index in [1.54, 1.807) is 0 Å². The second-order valence-corrected chi connectivity index (χ2v) is 7.50. The van der Waals surface area contributed by atoms with E-state index < -0.39 is 0 Å². The third-order valence-electron chi connectivity index (χ3n) is 4.36. The third kappa shape index (κ3) is 2.95. The molecule has 3 atom stereocenters. The van der Waals surface area contributed by atoms with Crippen LogP contribution in [0.5, 0.6) is 0 Å². The van der Waals surface area contributed by atoms with Crippen molar-refractivity contribution < 1.29 is 0 Å². The summed E-state index contributed by atoms with van der Waals surface area (Å²) in [6.45, 7) is 9.14. The van der Waals surface area contributed by atoms with Gasteiger partial charge in [0.05, 0.1) is 6.04 Å². The minimum atomic E-state index is 0.340. The van der Waals surface area contributed by atoms with Crippen LogP contribution in [0, 0.1) is 31.6 Å². The van der Waals surface area contributed by atoms with Gasteiger partial charge in [0, 0.05) is 9.75 Å². The minimum Gasteiger partial charge on any atom is -0.271 e. The fourth-order valence-electron chi connectivity index (χ4n) is 3.49. The Morgan fingerprint density at radius 3 is 2.28 bits per heavy atom. The summed E-state index contributed by atoms with van der Waals surface area (Å²) in [6.07, 6.45) is 3.97. The first kappa shape index (κ1) is 14.0. The van der Waals surface area contributed by atoms with Crippen molar-refractivity contribution in [2.24, 2.45) is 23.6 Å². The van der Waals surface area contributed by atoms with Crippen LogP contribution in [0.4, 0.5) is 0 Å². The molecule has 3 unspecified atom stereocenters. The van der Waals surface area contributed by atoms with E-state index in [2.05, 4.69) is 39.2 Å². The summed E-state index contributed by atoms with van der Waals surface area (Å²) >= 11 is 1.90. The Bertz CT molecular complexity index is 370. The first-order chi connectivity index (χ1) is 8.51. The average molecular weight is 266 g/mol. The molecule has 0 amide bonds. The zero-order valence-electron chi connectivity index (χ0n) is 12.0. The zero-order valence-corrected chi connectivity index (χ0v) is 12.8. The summed E-state index contributed by atoms with van der Waals surface area (Å²) in [5, 5.41) is 0. The van der Waals surface area contributed by atoms with Crippen molar-refractivity contribution in [1.82, 2.24) is 5.43 Å². The molecule has 0 aliphatic heterocycles. The number of rotatable bonds is 3. The van der Waals surface area contributed by atoms with Gasteiger partial charge in [0.25, 0.3) is 0 Å². The van der Waals surface area contributed by atoms with Crippen LogP contribution < -0.4 is 11.3 Å². The lowest BCUT2D eigenvalue weighted by Gasteiger charge is -2.35. The Hall–Kier alpha value is -0.380. The summed E-state index contributed by atoms with van der Waals surface area (Å²) in [7, 11) is 0. The minimum absolute atomic E-state index is 0.340. The number of hydrazine groups is 1. The number of nitrogens with one attached hydrogen (secondary N) is 1. The molecular formula is C15H26N2S. The Morgan fingerprint density at radius 1 is 1.22 bits per heavy atom. The van der Waals surface area contributed by atoms with Gasteiger partial charge in [-0.3, -0.25) is 11.3 Å². The van der Waals surface area contributed by atoms with Crippen LogP contribution in [-0.2, 0) is 0 Å². The normalized spacial score (nSPS) is 30.4. The molecule has 18 heavy (non-hydrogen) atoms. The lowest BCUT2D eigenvalue weighted by Crippen LogP contribution is -2.36. The van der Waals surface area contributed by atoms with E-state index in [0.717, 1.165) is 11.8 Å². The largest absolute Gasteiger partial charge is 0.271 e. The van der Waals surface area contributed by atoms with Crippen LogP contribution in [-0.4, -0.2) is 0 Å². The van der Waals surface area contributed by atoms with Gasteiger partial charge in [-0.15, -0.1) is 11.3 Å². The Labute approximate surface area is 115 Å². The molecule has 1 fully saturated rings. The first-order valence-corrected chi connectivity index (χ1v) is 7.86. The molecule has 3 heteroatoms. The van der Waals surface area contributed by atoms with E-state index in [9.17, 15) is 0 Å². The van der Waals surface area contributed by atoms with Crippen molar-refractivity contribution in [1.29, 1.82) is 0 Å². The molecule has 0 saturated heterocycles. The maximum atomic E-state index is 5.84. The molecule has 0 bridgehead atoms. The molecule has 1 saturated carbocycles. The molecule has 1 aromatic heterocycles. The summed E-state index contributed by atoms with van der Waals surface area (Å²) in [6, 6.07) is 2.65.